The molecule has 0 saturated heterocycles. The summed E-state index contributed by atoms with van der Waals surface area (Å²) in [6.07, 6.45) is 4.46. The summed E-state index contributed by atoms with van der Waals surface area (Å²) in [5.74, 6) is -0.362. The maximum absolute atomic E-state index is 13.9. The van der Waals surface area contributed by atoms with Crippen molar-refractivity contribution in [1.29, 1.82) is 0 Å². The summed E-state index contributed by atoms with van der Waals surface area (Å²) in [5.41, 5.74) is 2.05. The van der Waals surface area contributed by atoms with E-state index in [4.69, 9.17) is 4.74 Å². The van der Waals surface area contributed by atoms with Crippen LogP contribution in [0.5, 0.6) is 0 Å². The maximum atomic E-state index is 13.9. The summed E-state index contributed by atoms with van der Waals surface area (Å²) in [7, 11) is 3.45. The van der Waals surface area contributed by atoms with Crippen molar-refractivity contribution < 1.29 is 9.13 Å². The minimum absolute atomic E-state index is 0.0681. The molecule has 0 spiro atoms. The molecule has 0 amide bonds. The van der Waals surface area contributed by atoms with Gasteiger partial charge in [-0.25, -0.2) is 9.18 Å². The molecule has 2 aromatic heterocycles. The van der Waals surface area contributed by atoms with Crippen molar-refractivity contribution in [3.63, 3.8) is 0 Å². The van der Waals surface area contributed by atoms with E-state index < -0.39 is 0 Å². The predicted molar refractivity (Wildman–Crippen MR) is 93.8 cm³/mol. The van der Waals surface area contributed by atoms with E-state index in [2.05, 4.69) is 20.9 Å². The van der Waals surface area contributed by atoms with Gasteiger partial charge in [-0.05, 0) is 41.3 Å². The van der Waals surface area contributed by atoms with Gasteiger partial charge in [0.25, 0.3) is 0 Å². The Morgan fingerprint density at radius 3 is 2.88 bits per heavy atom. The molecule has 4 rings (SSSR count). The summed E-state index contributed by atoms with van der Waals surface area (Å²) in [4.78, 5) is 17.2. The lowest BCUT2D eigenvalue weighted by molar-refractivity contribution is 0.106. The van der Waals surface area contributed by atoms with Gasteiger partial charge in [-0.15, -0.1) is 0 Å². The van der Waals surface area contributed by atoms with Crippen LogP contribution >= 0.6 is 15.9 Å². The molecule has 7 heteroatoms. The highest BCUT2D eigenvalue weighted by molar-refractivity contribution is 9.10. The standard InChI is InChI=1S/C17H17BrFN3O2/c1-21-15-8-20-14-7-13(19)12(18)6-11(14)16(15)22(17(21)23)9-3-4-10(5-9)24-2/h6-10H,3-5H2,1-2H3/t9-,10-/m1/s1. The number of rotatable bonds is 2. The predicted octanol–water partition coefficient (Wildman–Crippen LogP) is 3.53. The molecule has 0 bridgehead atoms. The number of hydrogen-bond donors (Lipinski definition) is 0. The highest BCUT2D eigenvalue weighted by atomic mass is 79.9. The zero-order chi connectivity index (χ0) is 17.0. The summed E-state index contributed by atoms with van der Waals surface area (Å²) >= 11 is 3.24. The first-order valence-corrected chi connectivity index (χ1v) is 8.68. The fourth-order valence-corrected chi connectivity index (χ4v) is 4.07. The zero-order valence-corrected chi connectivity index (χ0v) is 15.0. The maximum Gasteiger partial charge on any atom is 0.329 e. The largest absolute Gasteiger partial charge is 0.381 e. The number of benzene rings is 1. The van der Waals surface area contributed by atoms with Gasteiger partial charge in [0.15, 0.2) is 0 Å². The van der Waals surface area contributed by atoms with Crippen molar-refractivity contribution in [2.24, 2.45) is 7.05 Å². The molecule has 24 heavy (non-hydrogen) atoms. The van der Waals surface area contributed by atoms with E-state index in [-0.39, 0.29) is 23.7 Å². The van der Waals surface area contributed by atoms with E-state index in [0.717, 1.165) is 35.7 Å². The Bertz CT molecular complexity index is 1010. The third-order valence-electron chi connectivity index (χ3n) is 5.01. The van der Waals surface area contributed by atoms with Gasteiger partial charge in [0.2, 0.25) is 0 Å². The molecule has 0 radical (unpaired) electrons. The van der Waals surface area contributed by atoms with Gasteiger partial charge in [-0.2, -0.15) is 0 Å². The van der Waals surface area contributed by atoms with Crippen LogP contribution in [0.25, 0.3) is 21.9 Å². The Labute approximate surface area is 146 Å². The SMILES string of the molecule is CO[C@@H]1CC[C@@H](n2c(=O)n(C)c3cnc4cc(F)c(Br)cc4c32)C1. The Kier molecular flexibility index (Phi) is 3.73. The molecular weight excluding hydrogens is 377 g/mol. The Balaban J connectivity index is 2.05. The van der Waals surface area contributed by atoms with Crippen LogP contribution in [0.3, 0.4) is 0 Å². The molecule has 1 aromatic carbocycles. The number of methoxy groups -OCH3 is 1. The van der Waals surface area contributed by atoms with E-state index in [1.54, 1.807) is 31.0 Å². The van der Waals surface area contributed by atoms with E-state index in [0.29, 0.717) is 9.99 Å². The number of aryl methyl sites for hydroxylation is 1. The lowest BCUT2D eigenvalue weighted by Crippen LogP contribution is -2.25. The van der Waals surface area contributed by atoms with Crippen LogP contribution in [0.4, 0.5) is 4.39 Å². The number of aromatic nitrogens is 3. The molecule has 3 aromatic rings. The fraction of sp³-hybridized carbons (Fsp3) is 0.412. The smallest absolute Gasteiger partial charge is 0.329 e. The van der Waals surface area contributed by atoms with Gasteiger partial charge in [-0.3, -0.25) is 14.1 Å². The normalized spacial score (nSPS) is 21.2. The number of halogens is 2. The number of pyridine rings is 1. The fourth-order valence-electron chi connectivity index (χ4n) is 3.73. The number of imidazole rings is 1. The quantitative estimate of drug-likeness (QED) is 0.668. The number of hydrogen-bond acceptors (Lipinski definition) is 3. The molecule has 126 valence electrons. The third-order valence-corrected chi connectivity index (χ3v) is 5.62. The lowest BCUT2D eigenvalue weighted by Gasteiger charge is -2.13. The number of ether oxygens (including phenoxy) is 1. The van der Waals surface area contributed by atoms with Crippen LogP contribution in [0, 0.1) is 5.82 Å². The Hall–Kier alpha value is -1.73. The van der Waals surface area contributed by atoms with Crippen molar-refractivity contribution in [2.75, 3.05) is 7.11 Å². The van der Waals surface area contributed by atoms with Crippen LogP contribution in [0.1, 0.15) is 25.3 Å². The molecule has 5 nitrogen and oxygen atoms in total. The second kappa shape index (κ2) is 5.67. The topological polar surface area (TPSA) is 49.0 Å². The van der Waals surface area contributed by atoms with Gasteiger partial charge in [0.05, 0.1) is 33.3 Å². The monoisotopic (exact) mass is 393 g/mol. The van der Waals surface area contributed by atoms with Gasteiger partial charge in [0, 0.05) is 31.7 Å². The molecule has 0 aliphatic heterocycles. The van der Waals surface area contributed by atoms with E-state index >= 15 is 0 Å². The average molecular weight is 394 g/mol. The molecule has 1 aliphatic carbocycles. The second-order valence-electron chi connectivity index (χ2n) is 6.31. The van der Waals surface area contributed by atoms with Crippen LogP contribution < -0.4 is 5.69 Å². The Morgan fingerprint density at radius 2 is 2.17 bits per heavy atom. The van der Waals surface area contributed by atoms with E-state index in [9.17, 15) is 9.18 Å². The highest BCUT2D eigenvalue weighted by Gasteiger charge is 2.29. The highest BCUT2D eigenvalue weighted by Crippen LogP contribution is 2.35. The summed E-state index contributed by atoms with van der Waals surface area (Å²) < 4.78 is 23.1. The second-order valence-corrected chi connectivity index (χ2v) is 7.17. The van der Waals surface area contributed by atoms with Crippen molar-refractivity contribution in [1.82, 2.24) is 14.1 Å². The number of fused-ring (bicyclic) bond motifs is 3. The van der Waals surface area contributed by atoms with Crippen LogP contribution in [-0.4, -0.2) is 27.3 Å². The molecule has 0 unspecified atom stereocenters. The molecule has 1 aliphatic rings. The van der Waals surface area contributed by atoms with Crippen LogP contribution in [0.15, 0.2) is 27.6 Å². The van der Waals surface area contributed by atoms with Crippen molar-refractivity contribution in [2.45, 2.75) is 31.4 Å². The van der Waals surface area contributed by atoms with Crippen molar-refractivity contribution in [3.05, 3.63) is 39.1 Å². The van der Waals surface area contributed by atoms with Crippen LogP contribution in [0.2, 0.25) is 0 Å². The first-order valence-electron chi connectivity index (χ1n) is 7.88. The van der Waals surface area contributed by atoms with Crippen molar-refractivity contribution >= 4 is 37.9 Å². The molecule has 0 N–H and O–H groups in total. The summed E-state index contributed by atoms with van der Waals surface area (Å²) in [6, 6.07) is 3.19. The molecule has 2 heterocycles. The van der Waals surface area contributed by atoms with Gasteiger partial charge >= 0.3 is 5.69 Å². The van der Waals surface area contributed by atoms with Crippen molar-refractivity contribution in [3.8, 4) is 0 Å². The molecule has 2 atom stereocenters. The minimum Gasteiger partial charge on any atom is -0.381 e. The zero-order valence-electron chi connectivity index (χ0n) is 13.4. The molecule has 1 fully saturated rings. The van der Waals surface area contributed by atoms with E-state index in [1.165, 1.54) is 6.07 Å². The number of nitrogens with zero attached hydrogens (tertiary/aromatic N) is 3. The first-order chi connectivity index (χ1) is 11.5. The molecule has 1 saturated carbocycles. The van der Waals surface area contributed by atoms with Gasteiger partial charge < -0.3 is 4.74 Å². The minimum atomic E-state index is -0.362. The summed E-state index contributed by atoms with van der Waals surface area (Å²) in [6.45, 7) is 0. The lowest BCUT2D eigenvalue weighted by atomic mass is 10.1. The summed E-state index contributed by atoms with van der Waals surface area (Å²) in [5, 5.41) is 0.777. The third kappa shape index (κ3) is 2.22. The first kappa shape index (κ1) is 15.8. The van der Waals surface area contributed by atoms with E-state index in [1.807, 2.05) is 4.57 Å². The Morgan fingerprint density at radius 1 is 1.38 bits per heavy atom. The molecular formula is C17H17BrFN3O2. The van der Waals surface area contributed by atoms with Gasteiger partial charge in [0.1, 0.15) is 5.82 Å². The van der Waals surface area contributed by atoms with Gasteiger partial charge in [-0.1, -0.05) is 0 Å². The van der Waals surface area contributed by atoms with Crippen LogP contribution in [-0.2, 0) is 11.8 Å². The average Bonchev–Trinajstić information content (AvgIpc) is 3.13.